The molecule has 2 aromatic carbocycles. The van der Waals surface area contributed by atoms with E-state index in [4.69, 9.17) is 9.47 Å². The number of benzene rings is 2. The molecule has 0 aromatic heterocycles. The lowest BCUT2D eigenvalue weighted by Gasteiger charge is -2.07. The van der Waals surface area contributed by atoms with Crippen LogP contribution < -0.4 is 20.1 Å². The molecule has 9 heteroatoms. The Morgan fingerprint density at radius 2 is 1.81 bits per heavy atom. The maximum atomic E-state index is 12.0. The highest BCUT2D eigenvalue weighted by Crippen LogP contribution is 2.34. The predicted molar refractivity (Wildman–Crippen MR) is 91.2 cm³/mol. The lowest BCUT2D eigenvalue weighted by molar-refractivity contribution is -0.384. The molecule has 2 aromatic rings. The van der Waals surface area contributed by atoms with E-state index in [2.05, 4.69) is 10.6 Å². The van der Waals surface area contributed by atoms with E-state index in [1.807, 2.05) is 0 Å². The second-order valence-electron chi connectivity index (χ2n) is 5.43. The zero-order valence-corrected chi connectivity index (χ0v) is 13.6. The second kappa shape index (κ2) is 7.51. The number of nitro groups is 1. The van der Waals surface area contributed by atoms with Crippen LogP contribution in [0.2, 0.25) is 0 Å². The van der Waals surface area contributed by atoms with Crippen molar-refractivity contribution >= 4 is 23.2 Å². The largest absolute Gasteiger partial charge is 0.454 e. The standard InChI is InChI=1S/C17H15N3O6/c21-16(19-12-3-6-14-15(9-12)26-10-25-14)7-8-18-17(22)11-1-4-13(5-2-11)20(23)24/h1-6,9H,7-8,10H2,(H,18,22)(H,19,21). The van der Waals surface area contributed by atoms with E-state index in [0.29, 0.717) is 17.2 Å². The number of ether oxygens (including phenoxy) is 2. The number of nitro benzene ring substituents is 1. The van der Waals surface area contributed by atoms with Crippen molar-refractivity contribution in [2.24, 2.45) is 0 Å². The molecule has 134 valence electrons. The number of hydrogen-bond donors (Lipinski definition) is 2. The first-order chi connectivity index (χ1) is 12.5. The van der Waals surface area contributed by atoms with Crippen LogP contribution in [0.4, 0.5) is 11.4 Å². The van der Waals surface area contributed by atoms with Crippen molar-refractivity contribution in [1.29, 1.82) is 0 Å². The number of nitrogens with zero attached hydrogens (tertiary/aromatic N) is 1. The van der Waals surface area contributed by atoms with Gasteiger partial charge in [0.25, 0.3) is 11.6 Å². The SMILES string of the molecule is O=C(CCNC(=O)c1ccc([N+](=O)[O-])cc1)Nc1ccc2c(c1)OCO2. The van der Waals surface area contributed by atoms with Gasteiger partial charge in [0, 0.05) is 42.4 Å². The molecule has 1 aliphatic rings. The third kappa shape index (κ3) is 4.07. The zero-order chi connectivity index (χ0) is 18.5. The van der Waals surface area contributed by atoms with Gasteiger partial charge in [-0.05, 0) is 24.3 Å². The van der Waals surface area contributed by atoms with Gasteiger partial charge in [-0.3, -0.25) is 19.7 Å². The normalized spacial score (nSPS) is 11.7. The molecule has 9 nitrogen and oxygen atoms in total. The number of carbonyl (C=O) groups excluding carboxylic acids is 2. The summed E-state index contributed by atoms with van der Waals surface area (Å²) in [7, 11) is 0. The van der Waals surface area contributed by atoms with Crippen molar-refractivity contribution in [1.82, 2.24) is 5.32 Å². The lowest BCUT2D eigenvalue weighted by atomic mass is 10.2. The summed E-state index contributed by atoms with van der Waals surface area (Å²) in [5, 5.41) is 15.9. The summed E-state index contributed by atoms with van der Waals surface area (Å²) >= 11 is 0. The molecule has 1 heterocycles. The fourth-order valence-corrected chi connectivity index (χ4v) is 2.32. The van der Waals surface area contributed by atoms with Gasteiger partial charge >= 0.3 is 0 Å². The minimum Gasteiger partial charge on any atom is -0.454 e. The van der Waals surface area contributed by atoms with Crippen LogP contribution in [-0.2, 0) is 4.79 Å². The summed E-state index contributed by atoms with van der Waals surface area (Å²) in [5.41, 5.74) is 0.761. The number of non-ortho nitro benzene ring substituents is 1. The fraction of sp³-hybridized carbons (Fsp3) is 0.176. The Labute approximate surface area is 148 Å². The average molecular weight is 357 g/mol. The van der Waals surface area contributed by atoms with Gasteiger partial charge in [-0.2, -0.15) is 0 Å². The highest BCUT2D eigenvalue weighted by Gasteiger charge is 2.14. The smallest absolute Gasteiger partial charge is 0.269 e. The molecule has 2 N–H and O–H groups in total. The van der Waals surface area contributed by atoms with Crippen LogP contribution in [0.3, 0.4) is 0 Å². The number of anilines is 1. The van der Waals surface area contributed by atoms with Gasteiger partial charge in [-0.25, -0.2) is 0 Å². The fourth-order valence-electron chi connectivity index (χ4n) is 2.32. The minimum atomic E-state index is -0.540. The van der Waals surface area contributed by atoms with Crippen LogP contribution in [-0.4, -0.2) is 30.1 Å². The third-order valence-corrected chi connectivity index (χ3v) is 3.63. The Bertz CT molecular complexity index is 850. The van der Waals surface area contributed by atoms with Crippen molar-refractivity contribution in [3.8, 4) is 11.5 Å². The Balaban J connectivity index is 1.46. The molecule has 0 aliphatic carbocycles. The van der Waals surface area contributed by atoms with E-state index in [0.717, 1.165) is 0 Å². The molecule has 0 atom stereocenters. The number of rotatable bonds is 6. The van der Waals surface area contributed by atoms with E-state index in [9.17, 15) is 19.7 Å². The molecule has 0 saturated carbocycles. The van der Waals surface area contributed by atoms with E-state index in [-0.39, 0.29) is 36.9 Å². The Hall–Kier alpha value is -3.62. The monoisotopic (exact) mass is 357 g/mol. The topological polar surface area (TPSA) is 120 Å². The second-order valence-corrected chi connectivity index (χ2v) is 5.43. The highest BCUT2D eigenvalue weighted by atomic mass is 16.7. The molecular weight excluding hydrogens is 342 g/mol. The third-order valence-electron chi connectivity index (χ3n) is 3.63. The molecule has 3 rings (SSSR count). The number of carbonyl (C=O) groups is 2. The summed E-state index contributed by atoms with van der Waals surface area (Å²) < 4.78 is 10.4. The maximum absolute atomic E-state index is 12.0. The van der Waals surface area contributed by atoms with E-state index in [1.54, 1.807) is 18.2 Å². The van der Waals surface area contributed by atoms with Gasteiger partial charge in [0.2, 0.25) is 12.7 Å². The van der Waals surface area contributed by atoms with Crippen LogP contribution in [0, 0.1) is 10.1 Å². The van der Waals surface area contributed by atoms with Gasteiger partial charge in [0.05, 0.1) is 4.92 Å². The van der Waals surface area contributed by atoms with Crippen LogP contribution in [0.5, 0.6) is 11.5 Å². The molecule has 0 fully saturated rings. The number of fused-ring (bicyclic) bond motifs is 1. The number of amides is 2. The molecule has 26 heavy (non-hydrogen) atoms. The first kappa shape index (κ1) is 17.2. The van der Waals surface area contributed by atoms with E-state index in [1.165, 1.54) is 24.3 Å². The maximum Gasteiger partial charge on any atom is 0.269 e. The van der Waals surface area contributed by atoms with Crippen LogP contribution >= 0.6 is 0 Å². The summed E-state index contributed by atoms with van der Waals surface area (Å²) in [4.78, 5) is 33.9. The average Bonchev–Trinajstić information content (AvgIpc) is 3.09. The Morgan fingerprint density at radius 3 is 2.54 bits per heavy atom. The van der Waals surface area contributed by atoms with Gasteiger partial charge in [-0.15, -0.1) is 0 Å². The molecule has 0 saturated heterocycles. The van der Waals surface area contributed by atoms with Crippen molar-refractivity contribution in [2.45, 2.75) is 6.42 Å². The first-order valence-corrected chi connectivity index (χ1v) is 7.75. The van der Waals surface area contributed by atoms with Gasteiger partial charge in [-0.1, -0.05) is 0 Å². The Morgan fingerprint density at radius 1 is 1.08 bits per heavy atom. The summed E-state index contributed by atoms with van der Waals surface area (Å²) in [6, 6.07) is 10.3. The van der Waals surface area contributed by atoms with Crippen molar-refractivity contribution < 1.29 is 24.0 Å². The number of hydrogen-bond acceptors (Lipinski definition) is 6. The first-order valence-electron chi connectivity index (χ1n) is 7.75. The molecule has 1 aliphatic heterocycles. The molecule has 0 bridgehead atoms. The van der Waals surface area contributed by atoms with E-state index < -0.39 is 10.8 Å². The van der Waals surface area contributed by atoms with Gasteiger partial charge in [0.15, 0.2) is 11.5 Å². The number of nitrogens with one attached hydrogen (secondary N) is 2. The minimum absolute atomic E-state index is 0.0766. The molecule has 2 amide bonds. The van der Waals surface area contributed by atoms with Gasteiger partial charge in [0.1, 0.15) is 0 Å². The highest BCUT2D eigenvalue weighted by molar-refractivity contribution is 5.95. The van der Waals surface area contributed by atoms with Crippen molar-refractivity contribution in [3.63, 3.8) is 0 Å². The Kier molecular flexibility index (Phi) is 4.97. The van der Waals surface area contributed by atoms with Crippen molar-refractivity contribution in [3.05, 3.63) is 58.1 Å². The molecular formula is C17H15N3O6. The van der Waals surface area contributed by atoms with Crippen LogP contribution in [0.15, 0.2) is 42.5 Å². The van der Waals surface area contributed by atoms with Crippen LogP contribution in [0.1, 0.15) is 16.8 Å². The lowest BCUT2D eigenvalue weighted by Crippen LogP contribution is -2.27. The molecule has 0 radical (unpaired) electrons. The zero-order valence-electron chi connectivity index (χ0n) is 13.6. The summed E-state index contributed by atoms with van der Waals surface area (Å²) in [6.07, 6.45) is 0.0766. The summed E-state index contributed by atoms with van der Waals surface area (Å²) in [5.74, 6) is 0.510. The quantitative estimate of drug-likeness (QED) is 0.603. The molecule has 0 spiro atoms. The predicted octanol–water partition coefficient (Wildman–Crippen LogP) is 2.08. The summed E-state index contributed by atoms with van der Waals surface area (Å²) in [6.45, 7) is 0.285. The van der Waals surface area contributed by atoms with Crippen molar-refractivity contribution in [2.75, 3.05) is 18.7 Å². The van der Waals surface area contributed by atoms with Gasteiger partial charge < -0.3 is 20.1 Å². The van der Waals surface area contributed by atoms with Crippen LogP contribution in [0.25, 0.3) is 0 Å². The van der Waals surface area contributed by atoms with E-state index >= 15 is 0 Å². The molecule has 0 unspecified atom stereocenters.